The first-order valence-corrected chi connectivity index (χ1v) is 7.26. The van der Waals surface area contributed by atoms with E-state index in [1.165, 1.54) is 6.26 Å². The molecule has 1 rings (SSSR count). The Balaban J connectivity index is 2.43. The summed E-state index contributed by atoms with van der Waals surface area (Å²) in [4.78, 5) is 0. The number of piperidine rings is 1. The molecule has 0 aromatic heterocycles. The van der Waals surface area contributed by atoms with Crippen molar-refractivity contribution in [3.05, 3.63) is 0 Å². The van der Waals surface area contributed by atoms with E-state index in [1.807, 2.05) is 0 Å². The van der Waals surface area contributed by atoms with Crippen molar-refractivity contribution in [2.45, 2.75) is 45.2 Å². The van der Waals surface area contributed by atoms with Crippen LogP contribution in [-0.4, -0.2) is 43.6 Å². The SMILES string of the molecule is CC(C)(C)NC1CCN(S(C)(=O)=O)CC1. The van der Waals surface area contributed by atoms with Crippen LogP contribution in [0.3, 0.4) is 0 Å². The Kier molecular flexibility index (Phi) is 3.79. The van der Waals surface area contributed by atoms with Crippen molar-refractivity contribution in [2.24, 2.45) is 0 Å². The second-order valence-electron chi connectivity index (χ2n) is 5.33. The highest BCUT2D eigenvalue weighted by molar-refractivity contribution is 7.88. The van der Waals surface area contributed by atoms with Gasteiger partial charge in [-0.05, 0) is 33.6 Å². The third-order valence-electron chi connectivity index (χ3n) is 2.56. The number of rotatable bonds is 2. The van der Waals surface area contributed by atoms with Crippen molar-refractivity contribution in [3.8, 4) is 0 Å². The first kappa shape index (κ1) is 12.9. The highest BCUT2D eigenvalue weighted by Gasteiger charge is 2.26. The highest BCUT2D eigenvalue weighted by atomic mass is 32.2. The largest absolute Gasteiger partial charge is 0.309 e. The van der Waals surface area contributed by atoms with Gasteiger partial charge in [0.2, 0.25) is 10.0 Å². The minimum Gasteiger partial charge on any atom is -0.309 e. The number of nitrogens with zero attached hydrogens (tertiary/aromatic N) is 1. The zero-order valence-corrected chi connectivity index (χ0v) is 10.9. The number of hydrogen-bond donors (Lipinski definition) is 1. The lowest BCUT2D eigenvalue weighted by Crippen LogP contribution is -2.50. The fourth-order valence-electron chi connectivity index (χ4n) is 1.94. The van der Waals surface area contributed by atoms with Crippen molar-refractivity contribution in [1.29, 1.82) is 0 Å². The Morgan fingerprint density at radius 3 is 2.00 bits per heavy atom. The van der Waals surface area contributed by atoms with Gasteiger partial charge < -0.3 is 5.32 Å². The van der Waals surface area contributed by atoms with Gasteiger partial charge in [-0.1, -0.05) is 0 Å². The van der Waals surface area contributed by atoms with E-state index in [-0.39, 0.29) is 5.54 Å². The predicted molar refractivity (Wildman–Crippen MR) is 62.3 cm³/mol. The van der Waals surface area contributed by atoms with E-state index >= 15 is 0 Å². The summed E-state index contributed by atoms with van der Waals surface area (Å²) in [5, 5.41) is 3.51. The molecule has 1 saturated heterocycles. The summed E-state index contributed by atoms with van der Waals surface area (Å²) in [7, 11) is -2.99. The van der Waals surface area contributed by atoms with Gasteiger partial charge in [-0.15, -0.1) is 0 Å². The smallest absolute Gasteiger partial charge is 0.211 e. The first-order valence-electron chi connectivity index (χ1n) is 5.41. The average Bonchev–Trinajstić information content (AvgIpc) is 2.00. The minimum absolute atomic E-state index is 0.109. The lowest BCUT2D eigenvalue weighted by atomic mass is 10.0. The standard InChI is InChI=1S/C10H22N2O2S/c1-10(2,3)11-9-5-7-12(8-6-9)15(4,13)14/h9,11H,5-8H2,1-4H3. The minimum atomic E-state index is -2.99. The van der Waals surface area contributed by atoms with Gasteiger partial charge in [-0.2, -0.15) is 0 Å². The molecule has 0 atom stereocenters. The summed E-state index contributed by atoms with van der Waals surface area (Å²) in [6, 6.07) is 0.447. The Morgan fingerprint density at radius 2 is 1.67 bits per heavy atom. The lowest BCUT2D eigenvalue weighted by molar-refractivity contribution is 0.252. The molecule has 15 heavy (non-hydrogen) atoms. The monoisotopic (exact) mass is 234 g/mol. The highest BCUT2D eigenvalue weighted by Crippen LogP contribution is 2.15. The molecule has 1 fully saturated rings. The fourth-order valence-corrected chi connectivity index (χ4v) is 2.82. The normalized spacial score (nSPS) is 21.9. The zero-order chi connectivity index (χ0) is 11.7. The molecule has 1 N–H and O–H groups in total. The van der Waals surface area contributed by atoms with Gasteiger partial charge in [0.25, 0.3) is 0 Å². The molecule has 90 valence electrons. The molecule has 0 bridgehead atoms. The summed E-state index contributed by atoms with van der Waals surface area (Å²) >= 11 is 0. The van der Waals surface area contributed by atoms with Crippen LogP contribution < -0.4 is 5.32 Å². The van der Waals surface area contributed by atoms with E-state index in [2.05, 4.69) is 26.1 Å². The second kappa shape index (κ2) is 4.39. The molecule has 1 aliphatic rings. The maximum atomic E-state index is 11.3. The van der Waals surface area contributed by atoms with E-state index in [0.29, 0.717) is 19.1 Å². The van der Waals surface area contributed by atoms with E-state index in [4.69, 9.17) is 0 Å². The average molecular weight is 234 g/mol. The van der Waals surface area contributed by atoms with Gasteiger partial charge in [0.15, 0.2) is 0 Å². The van der Waals surface area contributed by atoms with Crippen LogP contribution in [0.5, 0.6) is 0 Å². The van der Waals surface area contributed by atoms with Gasteiger partial charge in [0, 0.05) is 24.7 Å². The predicted octanol–water partition coefficient (Wildman–Crippen LogP) is 0.798. The fraction of sp³-hybridized carbons (Fsp3) is 1.00. The number of hydrogen-bond acceptors (Lipinski definition) is 3. The van der Waals surface area contributed by atoms with Gasteiger partial charge in [0.05, 0.1) is 6.26 Å². The van der Waals surface area contributed by atoms with Crippen LogP contribution in [0.2, 0.25) is 0 Å². The van der Waals surface area contributed by atoms with Crippen molar-refractivity contribution < 1.29 is 8.42 Å². The van der Waals surface area contributed by atoms with Crippen molar-refractivity contribution in [3.63, 3.8) is 0 Å². The molecule has 4 nitrogen and oxygen atoms in total. The zero-order valence-electron chi connectivity index (χ0n) is 10.1. The van der Waals surface area contributed by atoms with Crippen molar-refractivity contribution >= 4 is 10.0 Å². The van der Waals surface area contributed by atoms with Gasteiger partial charge in [-0.25, -0.2) is 12.7 Å². The summed E-state index contributed by atoms with van der Waals surface area (Å²) in [5.74, 6) is 0. The molecule has 0 saturated carbocycles. The van der Waals surface area contributed by atoms with Crippen LogP contribution in [0.1, 0.15) is 33.6 Å². The molecule has 5 heteroatoms. The van der Waals surface area contributed by atoms with E-state index in [1.54, 1.807) is 4.31 Å². The maximum absolute atomic E-state index is 11.3. The Hall–Kier alpha value is -0.130. The van der Waals surface area contributed by atoms with E-state index < -0.39 is 10.0 Å². The molecule has 1 aliphatic heterocycles. The maximum Gasteiger partial charge on any atom is 0.211 e. The van der Waals surface area contributed by atoms with Gasteiger partial charge in [0.1, 0.15) is 0 Å². The van der Waals surface area contributed by atoms with Gasteiger partial charge in [-0.3, -0.25) is 0 Å². The Bertz CT molecular complexity index is 298. The van der Waals surface area contributed by atoms with Crippen LogP contribution in [0.4, 0.5) is 0 Å². The van der Waals surface area contributed by atoms with Crippen LogP contribution in [-0.2, 0) is 10.0 Å². The molecular formula is C10H22N2O2S. The topological polar surface area (TPSA) is 49.4 Å². The molecule has 0 spiro atoms. The van der Waals surface area contributed by atoms with Crippen molar-refractivity contribution in [2.75, 3.05) is 19.3 Å². The molecule has 0 radical (unpaired) electrons. The summed E-state index contributed by atoms with van der Waals surface area (Å²) < 4.78 is 24.1. The molecule has 0 aromatic carbocycles. The van der Waals surface area contributed by atoms with Crippen LogP contribution in [0.25, 0.3) is 0 Å². The van der Waals surface area contributed by atoms with Crippen LogP contribution in [0.15, 0.2) is 0 Å². The van der Waals surface area contributed by atoms with E-state index in [0.717, 1.165) is 12.8 Å². The lowest BCUT2D eigenvalue weighted by Gasteiger charge is -2.35. The second-order valence-corrected chi connectivity index (χ2v) is 7.31. The van der Waals surface area contributed by atoms with Crippen molar-refractivity contribution in [1.82, 2.24) is 9.62 Å². The molecule has 1 heterocycles. The summed E-state index contributed by atoms with van der Waals surface area (Å²) in [5.41, 5.74) is 0.109. The Labute approximate surface area is 93.1 Å². The third kappa shape index (κ3) is 4.49. The summed E-state index contributed by atoms with van der Waals surface area (Å²) in [6.07, 6.45) is 3.10. The van der Waals surface area contributed by atoms with E-state index in [9.17, 15) is 8.42 Å². The molecule has 0 aromatic rings. The molecule has 0 unspecified atom stereocenters. The molecule has 0 amide bonds. The van der Waals surface area contributed by atoms with Gasteiger partial charge >= 0.3 is 0 Å². The molecule has 0 aliphatic carbocycles. The third-order valence-corrected chi connectivity index (χ3v) is 3.86. The summed E-state index contributed by atoms with van der Waals surface area (Å²) in [6.45, 7) is 7.70. The van der Waals surface area contributed by atoms with Crippen LogP contribution >= 0.6 is 0 Å². The molecular weight excluding hydrogens is 212 g/mol. The Morgan fingerprint density at radius 1 is 1.20 bits per heavy atom. The number of sulfonamides is 1. The first-order chi connectivity index (χ1) is 6.68. The quantitative estimate of drug-likeness (QED) is 0.769. The van der Waals surface area contributed by atoms with Crippen LogP contribution in [0, 0.1) is 0 Å². The number of nitrogens with one attached hydrogen (secondary N) is 1.